The van der Waals surface area contributed by atoms with E-state index in [1.807, 2.05) is 6.92 Å². The molecule has 3 aromatic carbocycles. The molecule has 9 nitrogen and oxygen atoms in total. The van der Waals surface area contributed by atoms with Crippen molar-refractivity contribution >= 4 is 46.1 Å². The molecule has 42 heavy (non-hydrogen) atoms. The first-order chi connectivity index (χ1) is 20.0. The second kappa shape index (κ2) is 10.2. The van der Waals surface area contributed by atoms with Gasteiger partial charge in [-0.25, -0.2) is 9.80 Å². The smallest absolute Gasteiger partial charge is 0.414 e. The highest BCUT2D eigenvalue weighted by atomic mass is 35.5. The van der Waals surface area contributed by atoms with Crippen LogP contribution in [0.4, 0.5) is 13.6 Å². The lowest BCUT2D eigenvalue weighted by atomic mass is 9.91. The molecule has 4 aromatic rings. The fourth-order valence-corrected chi connectivity index (χ4v) is 5.32. The third-order valence-electron chi connectivity index (χ3n) is 7.23. The number of para-hydroxylation sites is 1. The van der Waals surface area contributed by atoms with E-state index in [0.29, 0.717) is 37.6 Å². The molecule has 0 radical (unpaired) electrons. The van der Waals surface area contributed by atoms with E-state index in [2.05, 4.69) is 14.8 Å². The van der Waals surface area contributed by atoms with Crippen LogP contribution >= 0.6 is 11.6 Å². The summed E-state index contributed by atoms with van der Waals surface area (Å²) >= 11 is 6.12. The first kappa shape index (κ1) is 27.3. The third kappa shape index (κ3) is 4.61. The van der Waals surface area contributed by atoms with E-state index in [1.54, 1.807) is 78.1 Å². The van der Waals surface area contributed by atoms with Gasteiger partial charge in [-0.3, -0.25) is 19.7 Å². The molecule has 12 heteroatoms. The zero-order valence-electron chi connectivity index (χ0n) is 21.9. The van der Waals surface area contributed by atoms with Crippen LogP contribution in [0.15, 0.2) is 82.7 Å². The maximum Gasteiger partial charge on any atom is 0.414 e. The Morgan fingerprint density at radius 1 is 1.00 bits per heavy atom. The number of nitrogens with zero attached hydrogens (tertiary/aromatic N) is 2. The van der Waals surface area contributed by atoms with Crippen molar-refractivity contribution < 1.29 is 27.9 Å². The predicted molar refractivity (Wildman–Crippen MR) is 150 cm³/mol. The molecule has 6 rings (SSSR count). The van der Waals surface area contributed by atoms with Gasteiger partial charge in [0.2, 0.25) is 0 Å². The number of hydrogen-bond acceptors (Lipinski definition) is 6. The number of benzene rings is 3. The average Bonchev–Trinajstić information content (AvgIpc) is 3.55. The van der Waals surface area contributed by atoms with E-state index >= 15 is 8.78 Å². The van der Waals surface area contributed by atoms with E-state index in [0.717, 1.165) is 5.56 Å². The van der Waals surface area contributed by atoms with Crippen molar-refractivity contribution in [1.82, 2.24) is 15.3 Å². The normalized spacial score (nSPS) is 18.7. The summed E-state index contributed by atoms with van der Waals surface area (Å²) in [7, 11) is 0. The fourth-order valence-electron chi connectivity index (χ4n) is 5.19. The summed E-state index contributed by atoms with van der Waals surface area (Å²) in [6, 6.07) is 19.7. The van der Waals surface area contributed by atoms with Crippen LogP contribution in [-0.2, 0) is 14.3 Å². The Morgan fingerprint density at radius 3 is 2.36 bits per heavy atom. The molecule has 2 aliphatic heterocycles. The number of cyclic esters (lactones) is 1. The molecule has 212 valence electrons. The number of carbonyl (C=O) groups is 3. The second-order valence-corrected chi connectivity index (χ2v) is 10.4. The molecule has 0 aliphatic carbocycles. The number of hydrazone groups is 1. The number of halogens is 3. The van der Waals surface area contributed by atoms with Gasteiger partial charge in [0.25, 0.3) is 17.6 Å². The quantitative estimate of drug-likeness (QED) is 0.335. The molecule has 3 heterocycles. The summed E-state index contributed by atoms with van der Waals surface area (Å²) in [5.41, 5.74) is 2.65. The lowest BCUT2D eigenvalue weighted by Gasteiger charge is -2.27. The van der Waals surface area contributed by atoms with Gasteiger partial charge in [0.1, 0.15) is 0 Å². The summed E-state index contributed by atoms with van der Waals surface area (Å²) in [5, 5.41) is 7.61. The summed E-state index contributed by atoms with van der Waals surface area (Å²) in [4.78, 5) is 53.3. The Morgan fingerprint density at radius 2 is 1.69 bits per heavy atom. The minimum atomic E-state index is -4.45. The van der Waals surface area contributed by atoms with Gasteiger partial charge in [-0.2, -0.15) is 13.9 Å². The SMILES string of the molecule is Cc1ccc([C@@H]2CC(c3c(-c4ccc(Cl)cc4)c4ccccc4[nH]c3=O)=NN2C(=O)C(F)(F)C2OC(=O)NC2=O)cc1. The molecular formula is C30H21ClF2N4O5. The van der Waals surface area contributed by atoms with Gasteiger partial charge >= 0.3 is 17.9 Å². The van der Waals surface area contributed by atoms with Crippen LogP contribution in [0.2, 0.25) is 5.02 Å². The standard InChI is InChI=1S/C30H21ClF2N4O5/c1-15-6-8-16(9-7-15)22-14-21(36-37(22)28(40)30(32,33)25-27(39)35-29(41)42-25)24-23(17-10-12-18(31)13-11-17)19-4-2-3-5-20(19)34-26(24)38/h2-13,22,25H,14H2,1H3,(H,34,38)(H,35,39,41)/t22-,25?/m0/s1. The number of imide groups is 1. The number of aromatic nitrogens is 1. The van der Waals surface area contributed by atoms with Crippen LogP contribution in [0.3, 0.4) is 0 Å². The lowest BCUT2D eigenvalue weighted by Crippen LogP contribution is -2.51. The number of hydrogen-bond donors (Lipinski definition) is 2. The molecule has 1 aromatic heterocycles. The monoisotopic (exact) mass is 590 g/mol. The lowest BCUT2D eigenvalue weighted by molar-refractivity contribution is -0.176. The number of nitrogens with one attached hydrogen (secondary N) is 2. The first-order valence-corrected chi connectivity index (χ1v) is 13.2. The van der Waals surface area contributed by atoms with Gasteiger partial charge < -0.3 is 9.72 Å². The maximum atomic E-state index is 15.5. The van der Waals surface area contributed by atoms with E-state index in [-0.39, 0.29) is 17.7 Å². The summed E-state index contributed by atoms with van der Waals surface area (Å²) in [5.74, 6) is -7.75. The number of H-pyrrole nitrogens is 1. The molecule has 0 bridgehead atoms. The van der Waals surface area contributed by atoms with Crippen molar-refractivity contribution in [3.8, 4) is 11.1 Å². The number of alkyl halides is 2. The highest BCUT2D eigenvalue weighted by Crippen LogP contribution is 2.40. The molecule has 2 aliphatic rings. The molecule has 0 spiro atoms. The van der Waals surface area contributed by atoms with Crippen molar-refractivity contribution in [2.75, 3.05) is 0 Å². The predicted octanol–water partition coefficient (Wildman–Crippen LogP) is 5.10. The van der Waals surface area contributed by atoms with E-state index in [4.69, 9.17) is 11.6 Å². The number of aromatic amines is 1. The van der Waals surface area contributed by atoms with Crippen LogP contribution in [-0.4, -0.2) is 45.6 Å². The van der Waals surface area contributed by atoms with Crippen molar-refractivity contribution in [3.05, 3.63) is 105 Å². The number of rotatable bonds is 5. The summed E-state index contributed by atoms with van der Waals surface area (Å²) in [6.07, 6.45) is -4.14. The van der Waals surface area contributed by atoms with E-state index < -0.39 is 41.5 Å². The van der Waals surface area contributed by atoms with Gasteiger partial charge in [0.15, 0.2) is 0 Å². The van der Waals surface area contributed by atoms with Gasteiger partial charge in [-0.05, 0) is 36.2 Å². The first-order valence-electron chi connectivity index (χ1n) is 12.8. The van der Waals surface area contributed by atoms with Gasteiger partial charge in [0.05, 0.1) is 17.3 Å². The second-order valence-electron chi connectivity index (χ2n) is 9.98. The molecular weight excluding hydrogens is 570 g/mol. The number of amides is 3. The van der Waals surface area contributed by atoms with Gasteiger partial charge in [-0.15, -0.1) is 0 Å². The maximum absolute atomic E-state index is 15.5. The number of ether oxygens (including phenoxy) is 1. The molecule has 1 fully saturated rings. The topological polar surface area (TPSA) is 121 Å². The molecule has 1 saturated heterocycles. The van der Waals surface area contributed by atoms with Gasteiger partial charge in [-0.1, -0.05) is 71.8 Å². The highest BCUT2D eigenvalue weighted by Gasteiger charge is 2.60. The Labute approximate surface area is 241 Å². The van der Waals surface area contributed by atoms with E-state index in [9.17, 15) is 19.2 Å². The number of carbonyl (C=O) groups excluding carboxylic acids is 3. The van der Waals surface area contributed by atoms with Crippen LogP contribution in [0, 0.1) is 6.92 Å². The molecule has 2 N–H and O–H groups in total. The minimum absolute atomic E-state index is 0.0783. The summed E-state index contributed by atoms with van der Waals surface area (Å²) in [6.45, 7) is 1.84. The van der Waals surface area contributed by atoms with Crippen molar-refractivity contribution in [3.63, 3.8) is 0 Å². The van der Waals surface area contributed by atoms with Crippen molar-refractivity contribution in [2.24, 2.45) is 5.10 Å². The van der Waals surface area contributed by atoms with Gasteiger partial charge in [0, 0.05) is 27.9 Å². The van der Waals surface area contributed by atoms with E-state index in [1.165, 1.54) is 0 Å². The molecule has 0 saturated carbocycles. The number of aryl methyl sites for hydroxylation is 1. The highest BCUT2D eigenvalue weighted by molar-refractivity contribution is 6.30. The van der Waals surface area contributed by atoms with Crippen molar-refractivity contribution in [2.45, 2.75) is 31.4 Å². The zero-order chi connectivity index (χ0) is 29.8. The number of fused-ring (bicyclic) bond motifs is 1. The Kier molecular flexibility index (Phi) is 6.61. The third-order valence-corrected chi connectivity index (χ3v) is 7.48. The van der Waals surface area contributed by atoms with Crippen molar-refractivity contribution in [1.29, 1.82) is 0 Å². The number of alkyl carbamates (subject to hydrolysis) is 1. The van der Waals surface area contributed by atoms with Crippen LogP contribution in [0.25, 0.3) is 22.0 Å². The van der Waals surface area contributed by atoms with Crippen LogP contribution in [0.1, 0.15) is 29.2 Å². The largest absolute Gasteiger partial charge is 0.429 e. The fraction of sp³-hybridized carbons (Fsp3) is 0.167. The van der Waals surface area contributed by atoms with Crippen LogP contribution < -0.4 is 10.9 Å². The molecule has 1 unspecified atom stereocenters. The molecule has 3 amide bonds. The van der Waals surface area contributed by atoms with Crippen LogP contribution in [0.5, 0.6) is 0 Å². The summed E-state index contributed by atoms with van der Waals surface area (Å²) < 4.78 is 35.4. The Balaban J connectivity index is 1.53. The average molecular weight is 591 g/mol. The Hall–Kier alpha value is -4.90. The zero-order valence-corrected chi connectivity index (χ0v) is 22.6. The number of pyridine rings is 1. The minimum Gasteiger partial charge on any atom is -0.429 e. The molecule has 2 atom stereocenters. The Bertz CT molecular complexity index is 1850.